The first-order valence-corrected chi connectivity index (χ1v) is 5.28. The first-order chi connectivity index (χ1) is 8.15. The lowest BCUT2D eigenvalue weighted by Crippen LogP contribution is -2.27. The van der Waals surface area contributed by atoms with Crippen LogP contribution in [0.1, 0.15) is 17.3 Å². The second kappa shape index (κ2) is 4.80. The first-order valence-electron chi connectivity index (χ1n) is 5.28. The molecule has 5 heteroatoms. The Morgan fingerprint density at radius 2 is 1.82 bits per heavy atom. The highest BCUT2D eigenvalue weighted by Crippen LogP contribution is 2.11. The second-order valence-electron chi connectivity index (χ2n) is 3.84. The summed E-state index contributed by atoms with van der Waals surface area (Å²) in [4.78, 5) is 26.9. The van der Waals surface area contributed by atoms with Crippen LogP contribution in [0.5, 0.6) is 0 Å². The summed E-state index contributed by atoms with van der Waals surface area (Å²) in [6.07, 6.45) is 0.570. The van der Waals surface area contributed by atoms with Crippen LogP contribution in [-0.2, 0) is 6.42 Å². The maximum absolute atomic E-state index is 11.1. The zero-order valence-electron chi connectivity index (χ0n) is 9.14. The summed E-state index contributed by atoms with van der Waals surface area (Å²) in [6.45, 7) is 0. The molecule has 0 aliphatic rings. The molecule has 1 unspecified atom stereocenters. The Balaban J connectivity index is 2.23. The summed E-state index contributed by atoms with van der Waals surface area (Å²) in [5.74, 6) is 0. The van der Waals surface area contributed by atoms with Crippen LogP contribution in [0.15, 0.2) is 46.0 Å². The van der Waals surface area contributed by atoms with E-state index >= 15 is 0 Å². The summed E-state index contributed by atoms with van der Waals surface area (Å²) in [5, 5.41) is 0. The third-order valence-corrected chi connectivity index (χ3v) is 2.48. The van der Waals surface area contributed by atoms with Crippen molar-refractivity contribution in [1.82, 2.24) is 9.97 Å². The van der Waals surface area contributed by atoms with Crippen LogP contribution in [0.2, 0.25) is 0 Å². The molecule has 17 heavy (non-hydrogen) atoms. The quantitative estimate of drug-likeness (QED) is 0.709. The molecular weight excluding hydrogens is 218 g/mol. The monoisotopic (exact) mass is 231 g/mol. The summed E-state index contributed by atoms with van der Waals surface area (Å²) < 4.78 is 0. The largest absolute Gasteiger partial charge is 0.325 e. The fraction of sp³-hybridized carbons (Fsp3) is 0.167. The molecule has 0 fully saturated rings. The SMILES string of the molecule is NC(Cc1ccccc1)c1cc(=O)[nH]c(=O)[nH]1. The van der Waals surface area contributed by atoms with Crippen LogP contribution in [0, 0.1) is 0 Å². The van der Waals surface area contributed by atoms with Gasteiger partial charge >= 0.3 is 5.69 Å². The Kier molecular flexibility index (Phi) is 3.20. The first kappa shape index (κ1) is 11.3. The van der Waals surface area contributed by atoms with Crippen molar-refractivity contribution in [3.8, 4) is 0 Å². The van der Waals surface area contributed by atoms with Crippen LogP contribution in [-0.4, -0.2) is 9.97 Å². The topological polar surface area (TPSA) is 91.7 Å². The van der Waals surface area contributed by atoms with Gasteiger partial charge in [0.25, 0.3) is 5.56 Å². The van der Waals surface area contributed by atoms with Gasteiger partial charge in [0.15, 0.2) is 0 Å². The molecule has 1 aromatic heterocycles. The Labute approximate surface area is 97.3 Å². The molecular formula is C12H13N3O2. The Morgan fingerprint density at radius 1 is 1.12 bits per heavy atom. The van der Waals surface area contributed by atoms with E-state index in [0.29, 0.717) is 12.1 Å². The molecule has 0 saturated carbocycles. The lowest BCUT2D eigenvalue weighted by Gasteiger charge is -2.10. The van der Waals surface area contributed by atoms with E-state index in [0.717, 1.165) is 5.56 Å². The highest BCUT2D eigenvalue weighted by atomic mass is 16.2. The molecule has 0 amide bonds. The van der Waals surface area contributed by atoms with Gasteiger partial charge in [0.05, 0.1) is 0 Å². The molecule has 0 radical (unpaired) electrons. The number of hydrogen-bond acceptors (Lipinski definition) is 3. The van der Waals surface area contributed by atoms with Crippen LogP contribution in [0.3, 0.4) is 0 Å². The number of hydrogen-bond donors (Lipinski definition) is 3. The van der Waals surface area contributed by atoms with Gasteiger partial charge in [-0.05, 0) is 12.0 Å². The van der Waals surface area contributed by atoms with Crippen molar-refractivity contribution in [2.75, 3.05) is 0 Å². The van der Waals surface area contributed by atoms with Crippen molar-refractivity contribution < 1.29 is 0 Å². The van der Waals surface area contributed by atoms with Gasteiger partial charge in [-0.1, -0.05) is 30.3 Å². The van der Waals surface area contributed by atoms with Crippen molar-refractivity contribution in [2.24, 2.45) is 5.73 Å². The molecule has 1 aromatic carbocycles. The summed E-state index contributed by atoms with van der Waals surface area (Å²) >= 11 is 0. The molecule has 1 atom stereocenters. The molecule has 2 rings (SSSR count). The minimum atomic E-state index is -0.531. The fourth-order valence-electron chi connectivity index (χ4n) is 1.67. The molecule has 88 valence electrons. The second-order valence-corrected chi connectivity index (χ2v) is 3.84. The van der Waals surface area contributed by atoms with E-state index in [9.17, 15) is 9.59 Å². The van der Waals surface area contributed by atoms with Gasteiger partial charge < -0.3 is 10.7 Å². The molecule has 0 spiro atoms. The maximum atomic E-state index is 11.1. The van der Waals surface area contributed by atoms with Crippen molar-refractivity contribution in [1.29, 1.82) is 0 Å². The van der Waals surface area contributed by atoms with Crippen molar-refractivity contribution in [2.45, 2.75) is 12.5 Å². The third-order valence-electron chi connectivity index (χ3n) is 2.48. The molecule has 0 bridgehead atoms. The summed E-state index contributed by atoms with van der Waals surface area (Å²) in [5.41, 5.74) is 6.48. The standard InChI is InChI=1S/C12H13N3O2/c13-9(6-8-4-2-1-3-5-8)10-7-11(16)15-12(17)14-10/h1-5,7,9H,6,13H2,(H2,14,15,16,17). The van der Waals surface area contributed by atoms with Crippen LogP contribution in [0.25, 0.3) is 0 Å². The van der Waals surface area contributed by atoms with Crippen LogP contribution < -0.4 is 17.0 Å². The number of aromatic nitrogens is 2. The van der Waals surface area contributed by atoms with Gasteiger partial charge in [-0.25, -0.2) is 4.79 Å². The number of nitrogens with two attached hydrogens (primary N) is 1. The van der Waals surface area contributed by atoms with E-state index in [1.54, 1.807) is 0 Å². The molecule has 0 aliphatic carbocycles. The van der Waals surface area contributed by atoms with Gasteiger partial charge in [-0.2, -0.15) is 0 Å². The highest BCUT2D eigenvalue weighted by Gasteiger charge is 2.08. The average molecular weight is 231 g/mol. The molecule has 2 aromatic rings. The predicted molar refractivity (Wildman–Crippen MR) is 64.8 cm³/mol. The molecule has 0 aliphatic heterocycles. The summed E-state index contributed by atoms with van der Waals surface area (Å²) in [6, 6.07) is 10.6. The lowest BCUT2D eigenvalue weighted by atomic mass is 10.0. The van der Waals surface area contributed by atoms with Gasteiger partial charge in [0.2, 0.25) is 0 Å². The smallest absolute Gasteiger partial charge is 0.322 e. The Hall–Kier alpha value is -2.14. The zero-order chi connectivity index (χ0) is 12.3. The minimum absolute atomic E-state index is 0.396. The average Bonchev–Trinajstić information content (AvgIpc) is 2.29. The number of nitrogens with one attached hydrogen (secondary N) is 2. The molecule has 4 N–H and O–H groups in total. The zero-order valence-corrected chi connectivity index (χ0v) is 9.14. The van der Waals surface area contributed by atoms with Gasteiger partial charge in [-0.15, -0.1) is 0 Å². The van der Waals surface area contributed by atoms with E-state index in [-0.39, 0.29) is 0 Å². The number of H-pyrrole nitrogens is 2. The van der Waals surface area contributed by atoms with Crippen LogP contribution in [0.4, 0.5) is 0 Å². The van der Waals surface area contributed by atoms with E-state index in [4.69, 9.17) is 5.73 Å². The molecule has 0 saturated heterocycles. The number of rotatable bonds is 3. The normalized spacial score (nSPS) is 12.3. The van der Waals surface area contributed by atoms with E-state index in [2.05, 4.69) is 9.97 Å². The van der Waals surface area contributed by atoms with Crippen molar-refractivity contribution in [3.05, 3.63) is 68.5 Å². The van der Waals surface area contributed by atoms with E-state index < -0.39 is 17.3 Å². The van der Waals surface area contributed by atoms with Gasteiger partial charge in [0.1, 0.15) is 0 Å². The molecule has 5 nitrogen and oxygen atoms in total. The number of aromatic amines is 2. The fourth-order valence-corrected chi connectivity index (χ4v) is 1.67. The Morgan fingerprint density at radius 3 is 2.47 bits per heavy atom. The van der Waals surface area contributed by atoms with Gasteiger partial charge in [0, 0.05) is 17.8 Å². The molecule has 1 heterocycles. The van der Waals surface area contributed by atoms with Gasteiger partial charge in [-0.3, -0.25) is 9.78 Å². The number of benzene rings is 1. The minimum Gasteiger partial charge on any atom is -0.322 e. The lowest BCUT2D eigenvalue weighted by molar-refractivity contribution is 0.685. The Bertz CT molecular complexity index is 573. The van der Waals surface area contributed by atoms with Crippen molar-refractivity contribution in [3.63, 3.8) is 0 Å². The highest BCUT2D eigenvalue weighted by molar-refractivity contribution is 5.18. The van der Waals surface area contributed by atoms with Crippen LogP contribution >= 0.6 is 0 Å². The van der Waals surface area contributed by atoms with E-state index in [1.165, 1.54) is 6.07 Å². The van der Waals surface area contributed by atoms with E-state index in [1.807, 2.05) is 30.3 Å². The maximum Gasteiger partial charge on any atom is 0.325 e. The predicted octanol–water partition coefficient (Wildman–Crippen LogP) is 0.306. The van der Waals surface area contributed by atoms with Crippen molar-refractivity contribution >= 4 is 0 Å². The third kappa shape index (κ3) is 2.92. The summed E-state index contributed by atoms with van der Waals surface area (Å²) in [7, 11) is 0.